The predicted octanol–water partition coefficient (Wildman–Crippen LogP) is 2.43. The summed E-state index contributed by atoms with van der Waals surface area (Å²) in [6.07, 6.45) is 2.81. The van der Waals surface area contributed by atoms with Gasteiger partial charge in [0.25, 0.3) is 0 Å². The highest BCUT2D eigenvalue weighted by Gasteiger charge is 2.14. The lowest BCUT2D eigenvalue weighted by molar-refractivity contribution is 0.253. The van der Waals surface area contributed by atoms with Gasteiger partial charge in [-0.25, -0.2) is 8.42 Å². The van der Waals surface area contributed by atoms with E-state index in [9.17, 15) is 8.42 Å². The molecule has 0 saturated heterocycles. The molecule has 3 N–H and O–H groups in total. The summed E-state index contributed by atoms with van der Waals surface area (Å²) in [6.45, 7) is 5.87. The molecule has 0 aromatic heterocycles. The Bertz CT molecular complexity index is 603. The molecule has 1 rings (SSSR count). The summed E-state index contributed by atoms with van der Waals surface area (Å²) in [6, 6.07) is 8.46. The SMILES string of the molecule is CCCC(CCO)CN=C(NCC)NCCS(=O)(=O)c1ccccc1.I. The number of benzene rings is 1. The number of rotatable bonds is 11. The van der Waals surface area contributed by atoms with Crippen LogP contribution < -0.4 is 10.6 Å². The van der Waals surface area contributed by atoms with Gasteiger partial charge in [0.15, 0.2) is 15.8 Å². The quantitative estimate of drug-likeness (QED) is 0.248. The maximum Gasteiger partial charge on any atom is 0.191 e. The van der Waals surface area contributed by atoms with Gasteiger partial charge >= 0.3 is 0 Å². The number of aliphatic hydroxyl groups is 1. The molecule has 1 aromatic carbocycles. The smallest absolute Gasteiger partial charge is 0.191 e. The van der Waals surface area contributed by atoms with Gasteiger partial charge in [-0.05, 0) is 37.8 Å². The van der Waals surface area contributed by atoms with Gasteiger partial charge in [0.1, 0.15) is 0 Å². The minimum Gasteiger partial charge on any atom is -0.396 e. The van der Waals surface area contributed by atoms with Crippen LogP contribution in [0.25, 0.3) is 0 Å². The van der Waals surface area contributed by atoms with Gasteiger partial charge in [-0.2, -0.15) is 0 Å². The fourth-order valence-electron chi connectivity index (χ4n) is 2.53. The molecule has 0 bridgehead atoms. The molecule has 1 atom stereocenters. The van der Waals surface area contributed by atoms with Crippen molar-refractivity contribution in [3.63, 3.8) is 0 Å². The molecule has 1 unspecified atom stereocenters. The van der Waals surface area contributed by atoms with Crippen molar-refractivity contribution in [1.29, 1.82) is 0 Å². The van der Waals surface area contributed by atoms with Crippen LogP contribution in [0.3, 0.4) is 0 Å². The van der Waals surface area contributed by atoms with Crippen molar-refractivity contribution in [3.8, 4) is 0 Å². The highest BCUT2D eigenvalue weighted by molar-refractivity contribution is 14.0. The standard InChI is InChI=1S/C18H31N3O3S.HI/c1-3-8-16(11-13-22)15-21-18(19-4-2)20-12-14-25(23,24)17-9-6-5-7-10-17;/h5-7,9-10,16,22H,3-4,8,11-15H2,1-2H3,(H2,19,20,21);1H. The molecule has 0 spiro atoms. The largest absolute Gasteiger partial charge is 0.396 e. The molecule has 6 nitrogen and oxygen atoms in total. The minimum absolute atomic E-state index is 0. The van der Waals surface area contributed by atoms with Gasteiger partial charge in [0.05, 0.1) is 10.6 Å². The third-order valence-corrected chi connectivity index (χ3v) is 5.58. The van der Waals surface area contributed by atoms with Crippen molar-refractivity contribution in [3.05, 3.63) is 30.3 Å². The molecule has 8 heteroatoms. The number of nitrogens with zero attached hydrogens (tertiary/aromatic N) is 1. The fraction of sp³-hybridized carbons (Fsp3) is 0.611. The zero-order valence-electron chi connectivity index (χ0n) is 15.6. The molecule has 0 saturated carbocycles. The van der Waals surface area contributed by atoms with E-state index in [1.807, 2.05) is 6.92 Å². The van der Waals surface area contributed by atoms with Crippen LogP contribution in [0.15, 0.2) is 40.2 Å². The average molecular weight is 497 g/mol. The fourth-order valence-corrected chi connectivity index (χ4v) is 3.71. The number of nitrogens with one attached hydrogen (secondary N) is 2. The van der Waals surface area contributed by atoms with Crippen LogP contribution in [0.4, 0.5) is 0 Å². The van der Waals surface area contributed by atoms with Gasteiger partial charge in [-0.1, -0.05) is 31.5 Å². The van der Waals surface area contributed by atoms with Crippen LogP contribution in [-0.2, 0) is 9.84 Å². The third-order valence-electron chi connectivity index (χ3n) is 3.85. The summed E-state index contributed by atoms with van der Waals surface area (Å²) in [5.41, 5.74) is 0. The topological polar surface area (TPSA) is 90.8 Å². The van der Waals surface area contributed by atoms with Crippen molar-refractivity contribution < 1.29 is 13.5 Å². The number of sulfone groups is 1. The number of hydrogen-bond donors (Lipinski definition) is 3. The lowest BCUT2D eigenvalue weighted by Gasteiger charge is -2.15. The Kier molecular flexibility index (Phi) is 13.7. The number of hydrogen-bond acceptors (Lipinski definition) is 4. The normalized spacial score (nSPS) is 13.0. The molecule has 1 aromatic rings. The zero-order valence-corrected chi connectivity index (χ0v) is 18.8. The Hall–Kier alpha value is -0.870. The van der Waals surface area contributed by atoms with Gasteiger partial charge in [-0.3, -0.25) is 4.99 Å². The summed E-state index contributed by atoms with van der Waals surface area (Å²) in [5.74, 6) is 0.972. The van der Waals surface area contributed by atoms with Gasteiger partial charge < -0.3 is 15.7 Å². The predicted molar refractivity (Wildman–Crippen MR) is 118 cm³/mol. The number of guanidine groups is 1. The van der Waals surface area contributed by atoms with E-state index >= 15 is 0 Å². The van der Waals surface area contributed by atoms with Crippen LogP contribution in [0.2, 0.25) is 0 Å². The van der Waals surface area contributed by atoms with E-state index < -0.39 is 9.84 Å². The maximum absolute atomic E-state index is 12.3. The number of aliphatic hydroxyl groups excluding tert-OH is 1. The second-order valence-corrected chi connectivity index (χ2v) is 8.05. The monoisotopic (exact) mass is 497 g/mol. The molecule has 0 aliphatic heterocycles. The van der Waals surface area contributed by atoms with Gasteiger partial charge in [-0.15, -0.1) is 24.0 Å². The Morgan fingerprint density at radius 3 is 2.42 bits per heavy atom. The summed E-state index contributed by atoms with van der Waals surface area (Å²) < 4.78 is 24.6. The lowest BCUT2D eigenvalue weighted by Crippen LogP contribution is -2.40. The van der Waals surface area contributed by atoms with Crippen molar-refractivity contribution in [2.24, 2.45) is 10.9 Å². The van der Waals surface area contributed by atoms with E-state index in [0.717, 1.165) is 19.3 Å². The first-order valence-corrected chi connectivity index (χ1v) is 10.6. The first kappa shape index (κ1) is 25.1. The number of aliphatic imine (C=N–C) groups is 1. The van der Waals surface area contributed by atoms with E-state index in [2.05, 4.69) is 22.5 Å². The van der Waals surface area contributed by atoms with E-state index in [1.165, 1.54) is 0 Å². The second kappa shape index (κ2) is 14.2. The molecular formula is C18H32IN3O3S. The van der Waals surface area contributed by atoms with Crippen molar-refractivity contribution in [2.75, 3.05) is 32.0 Å². The third kappa shape index (κ3) is 9.72. The second-order valence-electron chi connectivity index (χ2n) is 5.95. The lowest BCUT2D eigenvalue weighted by atomic mass is 10.0. The van der Waals surface area contributed by atoms with Gasteiger partial charge in [0.2, 0.25) is 0 Å². The molecule has 0 fully saturated rings. The molecule has 26 heavy (non-hydrogen) atoms. The van der Waals surface area contributed by atoms with Crippen LogP contribution in [0.5, 0.6) is 0 Å². The van der Waals surface area contributed by atoms with Crippen LogP contribution in [0.1, 0.15) is 33.1 Å². The Labute approximate surface area is 174 Å². The molecular weight excluding hydrogens is 465 g/mol. The summed E-state index contributed by atoms with van der Waals surface area (Å²) in [5, 5.41) is 15.3. The molecule has 150 valence electrons. The Balaban J connectivity index is 0.00000625. The number of halogens is 1. The minimum atomic E-state index is -3.30. The summed E-state index contributed by atoms with van der Waals surface area (Å²) >= 11 is 0. The molecule has 0 aliphatic rings. The summed E-state index contributed by atoms with van der Waals surface area (Å²) in [4.78, 5) is 4.87. The Morgan fingerprint density at radius 1 is 1.15 bits per heavy atom. The van der Waals surface area contributed by atoms with Crippen LogP contribution >= 0.6 is 24.0 Å². The molecule has 0 aliphatic carbocycles. The van der Waals surface area contributed by atoms with E-state index in [0.29, 0.717) is 36.4 Å². The highest BCUT2D eigenvalue weighted by Crippen LogP contribution is 2.11. The Morgan fingerprint density at radius 2 is 1.85 bits per heavy atom. The first-order chi connectivity index (χ1) is 12.0. The highest BCUT2D eigenvalue weighted by atomic mass is 127. The maximum atomic E-state index is 12.3. The summed E-state index contributed by atoms with van der Waals surface area (Å²) in [7, 11) is -3.30. The molecule has 0 radical (unpaired) electrons. The zero-order chi connectivity index (χ0) is 18.5. The van der Waals surface area contributed by atoms with E-state index in [1.54, 1.807) is 30.3 Å². The van der Waals surface area contributed by atoms with E-state index in [4.69, 9.17) is 5.11 Å². The van der Waals surface area contributed by atoms with Crippen molar-refractivity contribution in [2.45, 2.75) is 38.0 Å². The molecule has 0 heterocycles. The van der Waals surface area contributed by atoms with Gasteiger partial charge in [0, 0.05) is 26.2 Å². The van der Waals surface area contributed by atoms with Crippen LogP contribution in [0, 0.1) is 5.92 Å². The van der Waals surface area contributed by atoms with Crippen molar-refractivity contribution >= 4 is 39.8 Å². The average Bonchev–Trinajstić information content (AvgIpc) is 2.60. The molecule has 0 amide bonds. The van der Waals surface area contributed by atoms with Crippen molar-refractivity contribution in [1.82, 2.24) is 10.6 Å². The van der Waals surface area contributed by atoms with E-state index in [-0.39, 0.29) is 36.3 Å². The first-order valence-electron chi connectivity index (χ1n) is 8.94. The van der Waals surface area contributed by atoms with Crippen LogP contribution in [-0.4, -0.2) is 51.5 Å².